The Labute approximate surface area is 284 Å². The Hall–Kier alpha value is -6.37. The van der Waals surface area contributed by atoms with Crippen LogP contribution in [0, 0.1) is 0 Å². The molecular weight excluding hydrogens is 619 g/mol. The maximum atomic E-state index is 5.33. The Balaban J connectivity index is 1.17. The minimum atomic E-state index is 0.732. The summed E-state index contributed by atoms with van der Waals surface area (Å²) in [6, 6.07) is 51.8. The van der Waals surface area contributed by atoms with E-state index in [0.717, 1.165) is 56.0 Å². The highest BCUT2D eigenvalue weighted by Gasteiger charge is 2.20. The number of thiophene rings is 1. The molecule has 0 bridgehead atoms. The molecule has 5 nitrogen and oxygen atoms in total. The standard InChI is InChI=1S/C43H25N5S/c1-4-14-35-28(10-1)31-24-32-29-11-2-5-15-36(29)48(42-21-19-26-9-8-22-44-43(26)46-42)38(32)25-37(31)47(35)41-17-7-13-34(45-41)27-18-20-40-33(23-27)30-12-3-6-16-39(30)49-40/h1-25H. The second-order valence-electron chi connectivity index (χ2n) is 12.5. The van der Waals surface area contributed by atoms with Crippen LogP contribution in [-0.4, -0.2) is 24.1 Å². The average molecular weight is 644 g/mol. The lowest BCUT2D eigenvalue weighted by Gasteiger charge is -2.11. The normalized spacial score (nSPS) is 12.1. The lowest BCUT2D eigenvalue weighted by Crippen LogP contribution is -2.00. The summed E-state index contributed by atoms with van der Waals surface area (Å²) in [5, 5.41) is 8.35. The molecule has 0 aliphatic heterocycles. The second kappa shape index (κ2) is 10.1. The van der Waals surface area contributed by atoms with Gasteiger partial charge in [-0.2, -0.15) is 0 Å². The highest BCUT2D eigenvalue weighted by Crippen LogP contribution is 2.40. The monoisotopic (exact) mass is 643 g/mol. The summed E-state index contributed by atoms with van der Waals surface area (Å²) >= 11 is 1.84. The van der Waals surface area contributed by atoms with E-state index in [1.807, 2.05) is 17.4 Å². The molecule has 11 aromatic rings. The van der Waals surface area contributed by atoms with E-state index >= 15 is 0 Å². The molecule has 0 spiro atoms. The van der Waals surface area contributed by atoms with Crippen LogP contribution in [0.4, 0.5) is 0 Å². The fraction of sp³-hybridized carbons (Fsp3) is 0. The molecule has 0 unspecified atom stereocenters. The van der Waals surface area contributed by atoms with Crippen molar-refractivity contribution in [2.45, 2.75) is 0 Å². The number of hydrogen-bond acceptors (Lipinski definition) is 4. The quantitative estimate of drug-likeness (QED) is 0.192. The Kier molecular flexibility index (Phi) is 5.48. The number of benzene rings is 5. The number of pyridine rings is 3. The van der Waals surface area contributed by atoms with E-state index in [-0.39, 0.29) is 0 Å². The van der Waals surface area contributed by atoms with E-state index in [4.69, 9.17) is 9.97 Å². The van der Waals surface area contributed by atoms with Crippen molar-refractivity contribution < 1.29 is 0 Å². The first-order valence-corrected chi connectivity index (χ1v) is 17.2. The van der Waals surface area contributed by atoms with Crippen LogP contribution in [0.5, 0.6) is 0 Å². The smallest absolute Gasteiger partial charge is 0.161 e. The van der Waals surface area contributed by atoms with Crippen LogP contribution < -0.4 is 0 Å². The lowest BCUT2D eigenvalue weighted by molar-refractivity contribution is 1.08. The van der Waals surface area contributed by atoms with Crippen LogP contribution in [0.1, 0.15) is 0 Å². The van der Waals surface area contributed by atoms with Crippen LogP contribution in [0.3, 0.4) is 0 Å². The highest BCUT2D eigenvalue weighted by atomic mass is 32.1. The third-order valence-corrected chi connectivity index (χ3v) is 10.9. The SMILES string of the molecule is c1cc(-c2ccc3sc4ccccc4c3c2)nc(-n2c3ccccc3c3cc4c5ccccc5n(-c5ccc6cccnc6n5)c4cc32)c1. The molecule has 0 aliphatic carbocycles. The van der Waals surface area contributed by atoms with E-state index in [0.29, 0.717) is 0 Å². The van der Waals surface area contributed by atoms with Gasteiger partial charge in [0.2, 0.25) is 0 Å². The molecule has 49 heavy (non-hydrogen) atoms. The molecular formula is C43H25N5S. The molecule has 228 valence electrons. The first kappa shape index (κ1) is 26.7. The van der Waals surface area contributed by atoms with Crippen molar-refractivity contribution in [2.75, 3.05) is 0 Å². The predicted octanol–water partition coefficient (Wildman–Crippen LogP) is 11.3. The molecule has 6 heterocycles. The molecule has 5 aromatic carbocycles. The van der Waals surface area contributed by atoms with E-state index in [1.54, 1.807) is 6.20 Å². The summed E-state index contributed by atoms with van der Waals surface area (Å²) in [7, 11) is 0. The third kappa shape index (κ3) is 3.89. The van der Waals surface area contributed by atoms with Gasteiger partial charge in [0.15, 0.2) is 5.65 Å². The fourth-order valence-electron chi connectivity index (χ4n) is 7.59. The van der Waals surface area contributed by atoms with Crippen molar-refractivity contribution in [3.05, 3.63) is 152 Å². The first-order valence-electron chi connectivity index (χ1n) is 16.4. The van der Waals surface area contributed by atoms with E-state index in [1.165, 1.54) is 41.7 Å². The molecule has 0 aliphatic rings. The van der Waals surface area contributed by atoms with Crippen molar-refractivity contribution in [3.63, 3.8) is 0 Å². The van der Waals surface area contributed by atoms with Gasteiger partial charge in [-0.15, -0.1) is 11.3 Å². The number of aromatic nitrogens is 5. The first-order chi connectivity index (χ1) is 24.3. The van der Waals surface area contributed by atoms with Gasteiger partial charge in [0.05, 0.1) is 27.8 Å². The Bertz CT molecular complexity index is 3130. The van der Waals surface area contributed by atoms with Gasteiger partial charge in [0, 0.05) is 58.9 Å². The van der Waals surface area contributed by atoms with Crippen molar-refractivity contribution in [1.29, 1.82) is 0 Å². The van der Waals surface area contributed by atoms with E-state index in [9.17, 15) is 0 Å². The van der Waals surface area contributed by atoms with Crippen molar-refractivity contribution in [3.8, 4) is 22.9 Å². The maximum Gasteiger partial charge on any atom is 0.161 e. The largest absolute Gasteiger partial charge is 0.294 e. The molecule has 0 radical (unpaired) electrons. The van der Waals surface area contributed by atoms with Crippen LogP contribution in [0.2, 0.25) is 0 Å². The highest BCUT2D eigenvalue weighted by molar-refractivity contribution is 7.25. The van der Waals surface area contributed by atoms with Gasteiger partial charge < -0.3 is 0 Å². The van der Waals surface area contributed by atoms with Crippen LogP contribution in [0.15, 0.2) is 152 Å². The van der Waals surface area contributed by atoms with Gasteiger partial charge in [0.25, 0.3) is 0 Å². The predicted molar refractivity (Wildman–Crippen MR) is 204 cm³/mol. The summed E-state index contributed by atoms with van der Waals surface area (Å²) in [4.78, 5) is 14.9. The van der Waals surface area contributed by atoms with Crippen molar-refractivity contribution in [1.82, 2.24) is 24.1 Å². The summed E-state index contributed by atoms with van der Waals surface area (Å²) in [5.41, 5.74) is 7.21. The van der Waals surface area contributed by atoms with Crippen LogP contribution >= 0.6 is 11.3 Å². The summed E-state index contributed by atoms with van der Waals surface area (Å²) in [5.74, 6) is 1.73. The van der Waals surface area contributed by atoms with Crippen LogP contribution in [-0.2, 0) is 0 Å². The zero-order chi connectivity index (χ0) is 32.1. The second-order valence-corrected chi connectivity index (χ2v) is 13.6. The summed E-state index contributed by atoms with van der Waals surface area (Å²) in [6.07, 6.45) is 1.80. The third-order valence-electron chi connectivity index (χ3n) is 9.78. The Morgan fingerprint density at radius 3 is 1.92 bits per heavy atom. The zero-order valence-electron chi connectivity index (χ0n) is 26.1. The van der Waals surface area contributed by atoms with Crippen molar-refractivity contribution >= 4 is 86.2 Å². The number of hydrogen-bond donors (Lipinski definition) is 0. The molecule has 0 saturated heterocycles. The minimum absolute atomic E-state index is 0.732. The Morgan fingerprint density at radius 1 is 0.429 bits per heavy atom. The van der Waals surface area contributed by atoms with Gasteiger partial charge in [-0.3, -0.25) is 9.13 Å². The topological polar surface area (TPSA) is 48.5 Å². The van der Waals surface area contributed by atoms with Gasteiger partial charge in [-0.05, 0) is 78.9 Å². The van der Waals surface area contributed by atoms with Gasteiger partial charge in [-0.1, -0.05) is 66.7 Å². The fourth-order valence-corrected chi connectivity index (χ4v) is 8.67. The average Bonchev–Trinajstić information content (AvgIpc) is 3.81. The van der Waals surface area contributed by atoms with E-state index < -0.39 is 0 Å². The molecule has 6 aromatic heterocycles. The lowest BCUT2D eigenvalue weighted by atomic mass is 10.1. The summed E-state index contributed by atoms with van der Waals surface area (Å²) in [6.45, 7) is 0. The van der Waals surface area contributed by atoms with Gasteiger partial charge in [0.1, 0.15) is 11.6 Å². The summed E-state index contributed by atoms with van der Waals surface area (Å²) < 4.78 is 7.17. The van der Waals surface area contributed by atoms with E-state index in [2.05, 4.69) is 154 Å². The molecule has 0 amide bonds. The molecule has 0 saturated carbocycles. The maximum absolute atomic E-state index is 5.33. The van der Waals surface area contributed by atoms with Crippen molar-refractivity contribution in [2.24, 2.45) is 0 Å². The molecule has 6 heteroatoms. The van der Waals surface area contributed by atoms with Gasteiger partial charge >= 0.3 is 0 Å². The van der Waals surface area contributed by atoms with Crippen LogP contribution in [0.25, 0.3) is 97.7 Å². The van der Waals surface area contributed by atoms with Gasteiger partial charge in [-0.25, -0.2) is 15.0 Å². The Morgan fingerprint density at radius 2 is 1.12 bits per heavy atom. The number of fused-ring (bicyclic) bond motifs is 10. The minimum Gasteiger partial charge on any atom is -0.294 e. The number of para-hydroxylation sites is 2. The molecule has 11 rings (SSSR count). The molecule has 0 fully saturated rings. The number of rotatable bonds is 3. The molecule has 0 N–H and O–H groups in total. The molecule has 0 atom stereocenters. The number of nitrogens with zero attached hydrogens (tertiary/aromatic N) is 5. The zero-order valence-corrected chi connectivity index (χ0v) is 26.9.